The number of nitrogens with one attached hydrogen (secondary N) is 1. The third-order valence-electron chi connectivity index (χ3n) is 3.77. The molecular formula is C18H20N2O6. The van der Waals surface area contributed by atoms with E-state index in [0.29, 0.717) is 10.9 Å². The Morgan fingerprint density at radius 2 is 1.65 bits per heavy atom. The minimum absolute atomic E-state index is 0.0151. The standard InChI is InChI=1S/C18H20N2O6/c1-10(19-11(2)21)14(17(22)24-3)15-12-8-6-7-9-13(12)20(26-5)16(15)18(23)25-4/h6-9H,1-5H3,(H,19,21)/b14-10-. The Hall–Kier alpha value is -3.29. The summed E-state index contributed by atoms with van der Waals surface area (Å²) in [5.41, 5.74) is 1.11. The minimum atomic E-state index is -0.708. The second kappa shape index (κ2) is 7.73. The summed E-state index contributed by atoms with van der Waals surface area (Å²) in [5, 5.41) is 3.14. The van der Waals surface area contributed by atoms with Crippen LogP contribution in [0.25, 0.3) is 16.5 Å². The van der Waals surface area contributed by atoms with Crippen LogP contribution in [-0.4, -0.2) is 43.9 Å². The number of hydrogen-bond acceptors (Lipinski definition) is 6. The molecule has 0 radical (unpaired) electrons. The van der Waals surface area contributed by atoms with Gasteiger partial charge in [0.25, 0.3) is 0 Å². The van der Waals surface area contributed by atoms with E-state index in [-0.39, 0.29) is 28.4 Å². The maximum atomic E-state index is 12.5. The molecule has 1 N–H and O–H groups in total. The largest absolute Gasteiger partial charge is 0.465 e. The average molecular weight is 360 g/mol. The second-order valence-electron chi connectivity index (χ2n) is 5.38. The average Bonchev–Trinajstić information content (AvgIpc) is 2.94. The van der Waals surface area contributed by atoms with Crippen molar-refractivity contribution < 1.29 is 28.7 Å². The number of ether oxygens (including phenoxy) is 2. The van der Waals surface area contributed by atoms with Gasteiger partial charge in [0.1, 0.15) is 7.11 Å². The van der Waals surface area contributed by atoms with Crippen LogP contribution >= 0.6 is 0 Å². The first kappa shape index (κ1) is 19.0. The van der Waals surface area contributed by atoms with Crippen LogP contribution in [0.3, 0.4) is 0 Å². The Bertz CT molecular complexity index is 910. The molecule has 0 aliphatic rings. The van der Waals surface area contributed by atoms with Gasteiger partial charge >= 0.3 is 11.9 Å². The summed E-state index contributed by atoms with van der Waals surface area (Å²) in [4.78, 5) is 41.8. The number of amides is 1. The molecule has 8 heteroatoms. The van der Waals surface area contributed by atoms with Gasteiger partial charge in [-0.3, -0.25) is 4.79 Å². The Morgan fingerprint density at radius 1 is 1.00 bits per heavy atom. The van der Waals surface area contributed by atoms with Crippen LogP contribution in [0.5, 0.6) is 0 Å². The lowest BCUT2D eigenvalue weighted by atomic mass is 10.00. The van der Waals surface area contributed by atoms with Gasteiger partial charge in [-0.15, -0.1) is 0 Å². The highest BCUT2D eigenvalue weighted by molar-refractivity contribution is 6.24. The van der Waals surface area contributed by atoms with Gasteiger partial charge in [-0.25, -0.2) is 9.59 Å². The molecule has 8 nitrogen and oxygen atoms in total. The van der Waals surface area contributed by atoms with E-state index in [1.807, 2.05) is 0 Å². The minimum Gasteiger partial charge on any atom is -0.465 e. The lowest BCUT2D eigenvalue weighted by molar-refractivity contribution is -0.133. The first-order valence-corrected chi connectivity index (χ1v) is 7.70. The maximum absolute atomic E-state index is 12.5. The van der Waals surface area contributed by atoms with Gasteiger partial charge in [0.2, 0.25) is 5.91 Å². The fourth-order valence-corrected chi connectivity index (χ4v) is 2.81. The van der Waals surface area contributed by atoms with Crippen molar-refractivity contribution in [3.05, 3.63) is 41.2 Å². The number of carbonyl (C=O) groups is 3. The van der Waals surface area contributed by atoms with Gasteiger partial charge in [-0.05, 0) is 13.0 Å². The zero-order valence-electron chi connectivity index (χ0n) is 15.2. The number of rotatable bonds is 5. The molecule has 26 heavy (non-hydrogen) atoms. The predicted molar refractivity (Wildman–Crippen MR) is 94.2 cm³/mol. The van der Waals surface area contributed by atoms with Crippen LogP contribution in [0.2, 0.25) is 0 Å². The van der Waals surface area contributed by atoms with Crippen LogP contribution in [0.15, 0.2) is 30.0 Å². The smallest absolute Gasteiger partial charge is 0.358 e. The molecule has 1 amide bonds. The van der Waals surface area contributed by atoms with Crippen molar-refractivity contribution >= 4 is 34.3 Å². The van der Waals surface area contributed by atoms with E-state index in [2.05, 4.69) is 5.32 Å². The van der Waals surface area contributed by atoms with E-state index < -0.39 is 11.9 Å². The molecule has 1 aromatic heterocycles. The maximum Gasteiger partial charge on any atom is 0.358 e. The van der Waals surface area contributed by atoms with Crippen molar-refractivity contribution in [3.63, 3.8) is 0 Å². The van der Waals surface area contributed by atoms with Crippen molar-refractivity contribution in [3.8, 4) is 0 Å². The van der Waals surface area contributed by atoms with Crippen LogP contribution in [0, 0.1) is 0 Å². The number of hydrogen-bond donors (Lipinski definition) is 1. The van der Waals surface area contributed by atoms with E-state index in [1.165, 1.54) is 33.0 Å². The molecular weight excluding hydrogens is 340 g/mol. The molecule has 0 aliphatic heterocycles. The van der Waals surface area contributed by atoms with E-state index in [9.17, 15) is 14.4 Å². The fraction of sp³-hybridized carbons (Fsp3) is 0.278. The number of benzene rings is 1. The lowest BCUT2D eigenvalue weighted by Crippen LogP contribution is -2.23. The molecule has 0 atom stereocenters. The van der Waals surface area contributed by atoms with Crippen LogP contribution < -0.4 is 10.2 Å². The summed E-state index contributed by atoms with van der Waals surface area (Å²) in [7, 11) is 3.84. The van der Waals surface area contributed by atoms with Crippen molar-refractivity contribution in [1.82, 2.24) is 10.0 Å². The molecule has 2 rings (SSSR count). The second-order valence-corrected chi connectivity index (χ2v) is 5.38. The summed E-state index contributed by atoms with van der Waals surface area (Å²) in [6.45, 7) is 2.87. The Balaban J connectivity index is 2.98. The Kier molecular flexibility index (Phi) is 5.66. The zero-order chi connectivity index (χ0) is 19.4. The number of esters is 2. The zero-order valence-corrected chi connectivity index (χ0v) is 15.2. The molecule has 1 heterocycles. The quantitative estimate of drug-likeness (QED) is 0.642. The number of carbonyl (C=O) groups excluding carboxylic acids is 3. The summed E-state index contributed by atoms with van der Waals surface area (Å²) < 4.78 is 11.0. The van der Waals surface area contributed by atoms with Crippen LogP contribution in [-0.2, 0) is 19.1 Å². The van der Waals surface area contributed by atoms with Gasteiger partial charge < -0.3 is 19.6 Å². The Labute approximate surface area is 150 Å². The van der Waals surface area contributed by atoms with Crippen molar-refractivity contribution in [1.29, 1.82) is 0 Å². The SMILES string of the molecule is COC(=O)/C(=C(/C)NC(C)=O)c1c(C(=O)OC)n(OC)c2ccccc12. The summed E-state index contributed by atoms with van der Waals surface area (Å²) in [5.74, 6) is -1.77. The van der Waals surface area contributed by atoms with Crippen molar-refractivity contribution in [2.24, 2.45) is 0 Å². The first-order valence-electron chi connectivity index (χ1n) is 7.70. The number of para-hydroxylation sites is 1. The predicted octanol–water partition coefficient (Wildman–Crippen LogP) is 1.53. The molecule has 0 fully saturated rings. The molecule has 138 valence electrons. The number of allylic oxidation sites excluding steroid dienone is 1. The topological polar surface area (TPSA) is 95.9 Å². The van der Waals surface area contributed by atoms with Gasteiger partial charge in [0.15, 0.2) is 5.69 Å². The van der Waals surface area contributed by atoms with Gasteiger partial charge in [0.05, 0.1) is 25.3 Å². The third kappa shape index (κ3) is 3.26. The summed E-state index contributed by atoms with van der Waals surface area (Å²) in [6, 6.07) is 6.99. The van der Waals surface area contributed by atoms with Crippen LogP contribution in [0.1, 0.15) is 29.9 Å². The van der Waals surface area contributed by atoms with Gasteiger partial charge in [-0.1, -0.05) is 18.2 Å². The van der Waals surface area contributed by atoms with Crippen molar-refractivity contribution in [2.75, 3.05) is 21.3 Å². The third-order valence-corrected chi connectivity index (χ3v) is 3.77. The molecule has 2 aromatic rings. The highest BCUT2D eigenvalue weighted by Crippen LogP contribution is 2.33. The Morgan fingerprint density at radius 3 is 2.19 bits per heavy atom. The molecule has 0 aliphatic carbocycles. The molecule has 0 unspecified atom stereocenters. The number of nitrogens with zero attached hydrogens (tertiary/aromatic N) is 1. The van der Waals surface area contributed by atoms with E-state index in [4.69, 9.17) is 14.3 Å². The highest BCUT2D eigenvalue weighted by atomic mass is 16.6. The van der Waals surface area contributed by atoms with Gasteiger partial charge in [0, 0.05) is 23.6 Å². The molecule has 0 saturated carbocycles. The van der Waals surface area contributed by atoms with E-state index in [0.717, 1.165) is 0 Å². The van der Waals surface area contributed by atoms with E-state index in [1.54, 1.807) is 31.2 Å². The normalized spacial score (nSPS) is 11.6. The van der Waals surface area contributed by atoms with Gasteiger partial charge in [-0.2, -0.15) is 4.73 Å². The first-order chi connectivity index (χ1) is 12.4. The summed E-state index contributed by atoms with van der Waals surface area (Å²) >= 11 is 0. The van der Waals surface area contributed by atoms with Crippen LogP contribution in [0.4, 0.5) is 0 Å². The lowest BCUT2D eigenvalue weighted by Gasteiger charge is -2.13. The fourth-order valence-electron chi connectivity index (χ4n) is 2.81. The molecule has 0 saturated heterocycles. The number of methoxy groups -OCH3 is 2. The number of aromatic nitrogens is 1. The highest BCUT2D eigenvalue weighted by Gasteiger charge is 2.31. The van der Waals surface area contributed by atoms with Crippen molar-refractivity contribution in [2.45, 2.75) is 13.8 Å². The van der Waals surface area contributed by atoms with E-state index >= 15 is 0 Å². The molecule has 1 aromatic carbocycles. The summed E-state index contributed by atoms with van der Waals surface area (Å²) in [6.07, 6.45) is 0. The number of fused-ring (bicyclic) bond motifs is 1. The monoisotopic (exact) mass is 360 g/mol. The molecule has 0 spiro atoms. The molecule has 0 bridgehead atoms.